The Morgan fingerprint density at radius 3 is 2.42 bits per heavy atom. The van der Waals surface area contributed by atoms with Gasteiger partial charge < -0.3 is 4.90 Å². The number of hydrogen-bond acceptors (Lipinski definition) is 2. The van der Waals surface area contributed by atoms with Crippen LogP contribution in [0, 0.1) is 17.6 Å². The minimum Gasteiger partial charge on any atom is -0.337 e. The van der Waals surface area contributed by atoms with E-state index in [0.717, 1.165) is 38.4 Å². The highest BCUT2D eigenvalue weighted by Crippen LogP contribution is 2.46. The Labute approximate surface area is 141 Å². The van der Waals surface area contributed by atoms with Crippen molar-refractivity contribution in [1.29, 1.82) is 0 Å². The van der Waals surface area contributed by atoms with Gasteiger partial charge in [-0.15, -0.1) is 0 Å². The van der Waals surface area contributed by atoms with Gasteiger partial charge in [-0.2, -0.15) is 0 Å². The third-order valence-electron chi connectivity index (χ3n) is 6.09. The maximum absolute atomic E-state index is 13.7. The van der Waals surface area contributed by atoms with Gasteiger partial charge in [0.1, 0.15) is 11.6 Å². The number of hydrogen-bond donors (Lipinski definition) is 0. The summed E-state index contributed by atoms with van der Waals surface area (Å²) in [4.78, 5) is 17.1. The molecule has 0 unspecified atom stereocenters. The summed E-state index contributed by atoms with van der Waals surface area (Å²) < 4.78 is 27.5. The number of halogens is 2. The van der Waals surface area contributed by atoms with Crippen molar-refractivity contribution in [3.63, 3.8) is 0 Å². The molecule has 0 aromatic heterocycles. The molecule has 0 radical (unpaired) electrons. The number of piperidine rings is 3. The zero-order valence-electron chi connectivity index (χ0n) is 14.0. The Balaban J connectivity index is 1.71. The van der Waals surface area contributed by atoms with Crippen LogP contribution >= 0.6 is 0 Å². The molecule has 4 aliphatic rings. The first-order valence-electron chi connectivity index (χ1n) is 9.08. The smallest absolute Gasteiger partial charge is 0.222 e. The number of amides is 1. The van der Waals surface area contributed by atoms with E-state index in [9.17, 15) is 13.6 Å². The second-order valence-electron chi connectivity index (χ2n) is 7.46. The summed E-state index contributed by atoms with van der Waals surface area (Å²) in [5, 5.41) is 0. The largest absolute Gasteiger partial charge is 0.337 e. The van der Waals surface area contributed by atoms with E-state index in [1.807, 2.05) is 11.8 Å². The highest BCUT2D eigenvalue weighted by molar-refractivity contribution is 5.77. The predicted molar refractivity (Wildman–Crippen MR) is 87.6 cm³/mol. The summed E-state index contributed by atoms with van der Waals surface area (Å²) in [6, 6.07) is 4.23. The van der Waals surface area contributed by atoms with Gasteiger partial charge in [-0.3, -0.25) is 9.69 Å². The zero-order valence-corrected chi connectivity index (χ0v) is 14.0. The Morgan fingerprint density at radius 1 is 1.12 bits per heavy atom. The molecule has 4 saturated heterocycles. The lowest BCUT2D eigenvalue weighted by molar-refractivity contribution is -0.136. The van der Waals surface area contributed by atoms with Crippen LogP contribution in [0.25, 0.3) is 0 Å². The molecule has 5 heteroatoms. The number of fused-ring (bicyclic) bond motifs is 2. The van der Waals surface area contributed by atoms with E-state index in [0.29, 0.717) is 24.4 Å². The van der Waals surface area contributed by atoms with E-state index in [-0.39, 0.29) is 23.9 Å². The van der Waals surface area contributed by atoms with Crippen LogP contribution in [0.5, 0.6) is 0 Å². The Kier molecular flexibility index (Phi) is 4.07. The molecular weight excluding hydrogens is 310 g/mol. The van der Waals surface area contributed by atoms with E-state index in [1.54, 1.807) is 0 Å². The van der Waals surface area contributed by atoms with Gasteiger partial charge in [0.2, 0.25) is 5.91 Å². The fraction of sp³-hybridized carbons (Fsp3) is 0.632. The molecule has 0 N–H and O–H groups in total. The minimum atomic E-state index is -0.532. The van der Waals surface area contributed by atoms with Gasteiger partial charge >= 0.3 is 0 Å². The van der Waals surface area contributed by atoms with E-state index < -0.39 is 11.6 Å². The molecule has 1 amide bonds. The van der Waals surface area contributed by atoms with Crippen molar-refractivity contribution in [3.05, 3.63) is 35.4 Å². The quantitative estimate of drug-likeness (QED) is 0.848. The third kappa shape index (κ3) is 2.53. The topological polar surface area (TPSA) is 23.6 Å². The Morgan fingerprint density at radius 2 is 1.79 bits per heavy atom. The van der Waals surface area contributed by atoms with Crippen molar-refractivity contribution in [2.24, 2.45) is 5.92 Å². The van der Waals surface area contributed by atoms with Crippen molar-refractivity contribution in [2.45, 2.75) is 50.6 Å². The first-order chi connectivity index (χ1) is 11.6. The van der Waals surface area contributed by atoms with Crippen LogP contribution in [0.1, 0.15) is 44.1 Å². The molecule has 130 valence electrons. The van der Waals surface area contributed by atoms with Crippen molar-refractivity contribution >= 4 is 5.91 Å². The predicted octanol–water partition coefficient (Wildman–Crippen LogP) is 3.15. The second kappa shape index (κ2) is 6.10. The molecule has 4 fully saturated rings. The van der Waals surface area contributed by atoms with Crippen molar-refractivity contribution < 1.29 is 13.6 Å². The summed E-state index contributed by atoms with van der Waals surface area (Å²) >= 11 is 0. The van der Waals surface area contributed by atoms with Crippen LogP contribution in [0.2, 0.25) is 0 Å². The number of likely N-dealkylation sites (tertiary alicyclic amines) is 1. The van der Waals surface area contributed by atoms with E-state index >= 15 is 0 Å². The molecule has 0 spiro atoms. The van der Waals surface area contributed by atoms with Crippen LogP contribution in [-0.2, 0) is 4.79 Å². The Bertz CT molecular complexity index is 622. The maximum atomic E-state index is 13.7. The standard InChI is InChI=1S/C19H24F2N2O/c1-2-3-17(24)23-11-16(13-8-14(20)10-15(21)9-13)19-18(23)12-4-6-22(19)7-5-12/h8-10,12,16,18-19H,2-7,11H2,1H3/t16-,18-,19-/m1/s1. The summed E-state index contributed by atoms with van der Waals surface area (Å²) in [6.45, 7) is 4.68. The van der Waals surface area contributed by atoms with Gasteiger partial charge in [0.15, 0.2) is 0 Å². The number of carbonyl (C=O) groups is 1. The number of carbonyl (C=O) groups excluding carboxylic acids is 1. The fourth-order valence-electron chi connectivity index (χ4n) is 5.14. The summed E-state index contributed by atoms with van der Waals surface area (Å²) in [6.07, 6.45) is 3.64. The van der Waals surface area contributed by atoms with E-state index in [4.69, 9.17) is 0 Å². The van der Waals surface area contributed by atoms with Gasteiger partial charge in [0.25, 0.3) is 0 Å². The van der Waals surface area contributed by atoms with Crippen LogP contribution in [0.3, 0.4) is 0 Å². The molecule has 2 bridgehead atoms. The number of rotatable bonds is 3. The molecule has 3 atom stereocenters. The summed E-state index contributed by atoms with van der Waals surface area (Å²) in [7, 11) is 0. The maximum Gasteiger partial charge on any atom is 0.222 e. The van der Waals surface area contributed by atoms with Crippen LogP contribution in [-0.4, -0.2) is 47.4 Å². The van der Waals surface area contributed by atoms with E-state index in [2.05, 4.69) is 4.90 Å². The first-order valence-corrected chi connectivity index (χ1v) is 9.08. The normalized spacial score (nSPS) is 34.5. The lowest BCUT2D eigenvalue weighted by Gasteiger charge is -2.51. The number of benzene rings is 1. The SMILES string of the molecule is CCCC(=O)N1C[C@H](c2cc(F)cc(F)c2)[C@@H]2[C@H]1C1CCN2CC1. The van der Waals surface area contributed by atoms with Crippen LogP contribution < -0.4 is 0 Å². The van der Waals surface area contributed by atoms with Crippen LogP contribution in [0.4, 0.5) is 8.78 Å². The van der Waals surface area contributed by atoms with Gasteiger partial charge in [-0.1, -0.05) is 6.92 Å². The average Bonchev–Trinajstić information content (AvgIpc) is 2.98. The lowest BCUT2D eigenvalue weighted by atomic mass is 9.75. The highest BCUT2D eigenvalue weighted by atomic mass is 19.1. The first kappa shape index (κ1) is 16.0. The molecule has 0 aliphatic carbocycles. The molecule has 4 heterocycles. The molecule has 4 aliphatic heterocycles. The van der Waals surface area contributed by atoms with Crippen molar-refractivity contribution in [1.82, 2.24) is 9.80 Å². The monoisotopic (exact) mass is 334 g/mol. The fourth-order valence-corrected chi connectivity index (χ4v) is 5.14. The van der Waals surface area contributed by atoms with Gasteiger partial charge in [-0.05, 0) is 56.0 Å². The lowest BCUT2D eigenvalue weighted by Crippen LogP contribution is -2.60. The molecule has 3 nitrogen and oxygen atoms in total. The van der Waals surface area contributed by atoms with Crippen molar-refractivity contribution in [2.75, 3.05) is 19.6 Å². The molecule has 5 rings (SSSR count). The van der Waals surface area contributed by atoms with Crippen LogP contribution in [0.15, 0.2) is 18.2 Å². The molecule has 1 aromatic rings. The zero-order chi connectivity index (χ0) is 16.8. The highest BCUT2D eigenvalue weighted by Gasteiger charge is 2.54. The molecule has 24 heavy (non-hydrogen) atoms. The molecule has 0 saturated carbocycles. The third-order valence-corrected chi connectivity index (χ3v) is 6.09. The van der Waals surface area contributed by atoms with Gasteiger partial charge in [0, 0.05) is 31.0 Å². The number of nitrogens with zero attached hydrogens (tertiary/aromatic N) is 2. The second-order valence-corrected chi connectivity index (χ2v) is 7.46. The Hall–Kier alpha value is -1.49. The van der Waals surface area contributed by atoms with Gasteiger partial charge in [-0.25, -0.2) is 8.78 Å². The molecule has 1 aromatic carbocycles. The van der Waals surface area contributed by atoms with E-state index in [1.165, 1.54) is 12.1 Å². The van der Waals surface area contributed by atoms with Gasteiger partial charge in [0.05, 0.1) is 6.04 Å². The molecular formula is C19H24F2N2O. The summed E-state index contributed by atoms with van der Waals surface area (Å²) in [5.41, 5.74) is 0.696. The van der Waals surface area contributed by atoms with Crippen molar-refractivity contribution in [3.8, 4) is 0 Å². The summed E-state index contributed by atoms with van der Waals surface area (Å²) in [5.74, 6) is -0.333. The minimum absolute atomic E-state index is 0.00380. The average molecular weight is 334 g/mol.